The normalized spacial score (nSPS) is 12.0. The van der Waals surface area contributed by atoms with Gasteiger partial charge in [0.2, 0.25) is 11.8 Å². The molecule has 11 nitrogen and oxygen atoms in total. The van der Waals surface area contributed by atoms with Crippen molar-refractivity contribution in [2.75, 3.05) is 24.5 Å². The van der Waals surface area contributed by atoms with Crippen LogP contribution >= 0.6 is 0 Å². The van der Waals surface area contributed by atoms with E-state index in [1.807, 2.05) is 45.0 Å². The second kappa shape index (κ2) is 14.1. The number of amides is 2. The second-order valence-corrected chi connectivity index (χ2v) is 12.6. The van der Waals surface area contributed by atoms with Gasteiger partial charge in [-0.15, -0.1) is 0 Å². The maximum atomic E-state index is 14.0. The van der Waals surface area contributed by atoms with Crippen molar-refractivity contribution in [3.8, 4) is 5.75 Å². The fourth-order valence-electron chi connectivity index (χ4n) is 4.28. The highest BCUT2D eigenvalue weighted by atomic mass is 32.2. The standard InChI is InChI=1S/C31H38N4O7S/c1-21(2)18-32-31(37)24(5)33(19-25-10-7-22(3)8-11-25)30(36)20-34(26-12-14-27(42-6)15-13-26)43(40,41)28-16-9-23(4)29(17-28)35(38)39/h7-17,21,24H,18-20H2,1-6H3,(H,32,37)/t24-/m0/s1. The largest absolute Gasteiger partial charge is 0.497 e. The summed E-state index contributed by atoms with van der Waals surface area (Å²) in [4.78, 5) is 39.0. The fraction of sp³-hybridized carbons (Fsp3) is 0.355. The molecule has 43 heavy (non-hydrogen) atoms. The molecule has 0 bridgehead atoms. The van der Waals surface area contributed by atoms with Crippen LogP contribution in [-0.4, -0.2) is 56.3 Å². The first-order chi connectivity index (χ1) is 20.2. The first kappa shape index (κ1) is 33.1. The monoisotopic (exact) mass is 610 g/mol. The molecule has 0 aliphatic heterocycles. The van der Waals surface area contributed by atoms with Crippen molar-refractivity contribution in [3.05, 3.63) is 93.5 Å². The van der Waals surface area contributed by atoms with E-state index in [9.17, 15) is 28.1 Å². The SMILES string of the molecule is COc1ccc(N(CC(=O)N(Cc2ccc(C)cc2)[C@@H](C)C(=O)NCC(C)C)S(=O)(=O)c2ccc(C)c([N+](=O)[O-])c2)cc1. The number of aryl methyl sites for hydroxylation is 2. The number of carbonyl (C=O) groups excluding carboxylic acids is 2. The Balaban J connectivity index is 2.07. The van der Waals surface area contributed by atoms with Gasteiger partial charge in [0.25, 0.3) is 15.7 Å². The Morgan fingerprint density at radius 3 is 2.16 bits per heavy atom. The van der Waals surface area contributed by atoms with E-state index in [2.05, 4.69) is 5.32 Å². The number of hydrogen-bond donors (Lipinski definition) is 1. The minimum absolute atomic E-state index is 0.0574. The zero-order valence-corrected chi connectivity index (χ0v) is 26.1. The number of nitrogens with zero attached hydrogens (tertiary/aromatic N) is 3. The summed E-state index contributed by atoms with van der Waals surface area (Å²) in [6, 6.07) is 16.2. The number of hydrogen-bond acceptors (Lipinski definition) is 7. The van der Waals surface area contributed by atoms with E-state index in [0.29, 0.717) is 17.9 Å². The Kier molecular flexibility index (Phi) is 10.9. The predicted octanol–water partition coefficient (Wildman–Crippen LogP) is 4.61. The summed E-state index contributed by atoms with van der Waals surface area (Å²) in [6.07, 6.45) is 0. The minimum atomic E-state index is -4.48. The molecular weight excluding hydrogens is 572 g/mol. The number of anilines is 1. The number of nitro groups is 1. The van der Waals surface area contributed by atoms with Crippen molar-refractivity contribution in [3.63, 3.8) is 0 Å². The van der Waals surface area contributed by atoms with E-state index in [1.165, 1.54) is 43.2 Å². The summed E-state index contributed by atoms with van der Waals surface area (Å²) < 4.78 is 34.2. The summed E-state index contributed by atoms with van der Waals surface area (Å²) >= 11 is 0. The molecule has 0 saturated carbocycles. The Morgan fingerprint density at radius 2 is 1.60 bits per heavy atom. The number of ether oxygens (including phenoxy) is 1. The summed E-state index contributed by atoms with van der Waals surface area (Å²) in [5.41, 5.74) is 1.86. The molecule has 0 saturated heterocycles. The molecule has 1 N–H and O–H groups in total. The lowest BCUT2D eigenvalue weighted by atomic mass is 10.1. The van der Waals surface area contributed by atoms with Crippen LogP contribution in [0.5, 0.6) is 5.75 Å². The van der Waals surface area contributed by atoms with Gasteiger partial charge in [0, 0.05) is 24.7 Å². The van der Waals surface area contributed by atoms with Crippen molar-refractivity contribution in [1.29, 1.82) is 0 Å². The smallest absolute Gasteiger partial charge is 0.273 e. The van der Waals surface area contributed by atoms with Crippen molar-refractivity contribution < 1.29 is 27.7 Å². The van der Waals surface area contributed by atoms with Gasteiger partial charge in [-0.1, -0.05) is 49.7 Å². The average molecular weight is 611 g/mol. The molecule has 3 rings (SSSR count). The van der Waals surface area contributed by atoms with Crippen molar-refractivity contribution in [2.24, 2.45) is 5.92 Å². The quantitative estimate of drug-likeness (QED) is 0.220. The lowest BCUT2D eigenvalue weighted by Crippen LogP contribution is -2.51. The highest BCUT2D eigenvalue weighted by Crippen LogP contribution is 2.29. The fourth-order valence-corrected chi connectivity index (χ4v) is 5.71. The van der Waals surface area contributed by atoms with E-state index in [0.717, 1.165) is 21.5 Å². The molecule has 3 aromatic carbocycles. The molecule has 0 heterocycles. The number of benzene rings is 3. The molecule has 0 unspecified atom stereocenters. The van der Waals surface area contributed by atoms with Crippen LogP contribution < -0.4 is 14.4 Å². The van der Waals surface area contributed by atoms with Crippen LogP contribution in [0.2, 0.25) is 0 Å². The zero-order valence-electron chi connectivity index (χ0n) is 25.2. The van der Waals surface area contributed by atoms with Crippen molar-refractivity contribution in [1.82, 2.24) is 10.2 Å². The molecule has 2 amide bonds. The number of rotatable bonds is 13. The Morgan fingerprint density at radius 1 is 0.977 bits per heavy atom. The zero-order chi connectivity index (χ0) is 31.9. The van der Waals surface area contributed by atoms with Gasteiger partial charge in [0.15, 0.2) is 0 Å². The molecule has 3 aromatic rings. The topological polar surface area (TPSA) is 139 Å². The average Bonchev–Trinajstić information content (AvgIpc) is 2.97. The Bertz CT molecular complexity index is 1560. The maximum absolute atomic E-state index is 14.0. The van der Waals surface area contributed by atoms with Crippen LogP contribution in [0.1, 0.15) is 37.5 Å². The minimum Gasteiger partial charge on any atom is -0.497 e. The van der Waals surface area contributed by atoms with Crippen LogP contribution in [0.25, 0.3) is 0 Å². The van der Waals surface area contributed by atoms with Crippen LogP contribution in [-0.2, 0) is 26.2 Å². The van der Waals surface area contributed by atoms with E-state index >= 15 is 0 Å². The Labute approximate surface area is 252 Å². The van der Waals surface area contributed by atoms with Gasteiger partial charge in [-0.2, -0.15) is 0 Å². The highest BCUT2D eigenvalue weighted by Gasteiger charge is 2.33. The molecule has 0 fully saturated rings. The lowest BCUT2D eigenvalue weighted by molar-refractivity contribution is -0.385. The molecule has 0 radical (unpaired) electrons. The number of methoxy groups -OCH3 is 1. The molecule has 1 atom stereocenters. The van der Waals surface area contributed by atoms with Gasteiger partial charge >= 0.3 is 0 Å². The number of sulfonamides is 1. The van der Waals surface area contributed by atoms with Gasteiger partial charge in [-0.05, 0) is 62.6 Å². The molecule has 0 spiro atoms. The first-order valence-electron chi connectivity index (χ1n) is 13.8. The molecule has 230 valence electrons. The molecule has 0 aliphatic carbocycles. The van der Waals surface area contributed by atoms with Crippen molar-refractivity contribution >= 4 is 33.2 Å². The van der Waals surface area contributed by atoms with E-state index < -0.39 is 33.4 Å². The molecule has 0 aromatic heterocycles. The number of nitrogens with one attached hydrogen (secondary N) is 1. The van der Waals surface area contributed by atoms with E-state index in [4.69, 9.17) is 4.74 Å². The van der Waals surface area contributed by atoms with E-state index in [1.54, 1.807) is 19.1 Å². The summed E-state index contributed by atoms with van der Waals surface area (Å²) in [6.45, 7) is 8.74. The maximum Gasteiger partial charge on any atom is 0.273 e. The van der Waals surface area contributed by atoms with E-state index in [-0.39, 0.29) is 34.6 Å². The third kappa shape index (κ3) is 8.31. The van der Waals surface area contributed by atoms with Crippen molar-refractivity contribution in [2.45, 2.75) is 52.1 Å². The third-order valence-corrected chi connectivity index (χ3v) is 8.70. The lowest BCUT2D eigenvalue weighted by Gasteiger charge is -2.32. The number of nitro benzene ring substituents is 1. The van der Waals surface area contributed by atoms with Gasteiger partial charge in [-0.25, -0.2) is 8.42 Å². The van der Waals surface area contributed by atoms with Gasteiger partial charge in [0.1, 0.15) is 18.3 Å². The molecule has 12 heteroatoms. The second-order valence-electron chi connectivity index (χ2n) is 10.7. The van der Waals surface area contributed by atoms with Crippen LogP contribution in [0, 0.1) is 29.9 Å². The van der Waals surface area contributed by atoms with Gasteiger partial charge in [0.05, 0.1) is 22.6 Å². The van der Waals surface area contributed by atoms with Gasteiger partial charge in [-0.3, -0.25) is 24.0 Å². The first-order valence-corrected chi connectivity index (χ1v) is 15.2. The Hall–Kier alpha value is -4.45. The molecule has 0 aliphatic rings. The summed E-state index contributed by atoms with van der Waals surface area (Å²) in [5, 5.41) is 14.4. The summed E-state index contributed by atoms with van der Waals surface area (Å²) in [7, 11) is -3.02. The van der Waals surface area contributed by atoms with Crippen LogP contribution in [0.4, 0.5) is 11.4 Å². The van der Waals surface area contributed by atoms with Gasteiger partial charge < -0.3 is 15.0 Å². The van der Waals surface area contributed by atoms with Crippen LogP contribution in [0.15, 0.2) is 71.6 Å². The highest BCUT2D eigenvalue weighted by molar-refractivity contribution is 7.92. The predicted molar refractivity (Wildman–Crippen MR) is 164 cm³/mol. The number of carbonyl (C=O) groups is 2. The van der Waals surface area contributed by atoms with Crippen LogP contribution in [0.3, 0.4) is 0 Å². The summed E-state index contributed by atoms with van der Waals surface area (Å²) in [5.74, 6) is -0.350. The third-order valence-electron chi connectivity index (χ3n) is 6.93. The molecular formula is C31H38N4O7S.